The Hall–Kier alpha value is -0.420. The number of hydrogen-bond donors (Lipinski definition) is 0. The summed E-state index contributed by atoms with van der Waals surface area (Å²) < 4.78 is 28.8. The minimum Gasteiger partial charge on any atom is -0.299 e. The van der Waals surface area contributed by atoms with Crippen LogP contribution in [0.4, 0.5) is 0 Å². The largest absolute Gasteiger partial charge is 0.299 e. The van der Waals surface area contributed by atoms with Gasteiger partial charge in [0.25, 0.3) is 0 Å². The number of hydrogen-bond acceptors (Lipinski definition) is 3. The fourth-order valence-electron chi connectivity index (χ4n) is 6.72. The maximum Gasteiger partial charge on any atom is 0.215 e. The average Bonchev–Trinajstić information content (AvgIpc) is 2.89. The van der Waals surface area contributed by atoms with Crippen LogP contribution in [0.5, 0.6) is 0 Å². The molecule has 2 bridgehead atoms. The van der Waals surface area contributed by atoms with E-state index in [0.29, 0.717) is 30.7 Å². The fourth-order valence-corrected chi connectivity index (χ4v) is 9.24. The van der Waals surface area contributed by atoms with Crippen LogP contribution in [0.1, 0.15) is 72.1 Å². The Morgan fingerprint density at radius 3 is 2.48 bits per heavy atom. The Morgan fingerprint density at radius 1 is 1.12 bits per heavy atom. The molecule has 142 valence electrons. The van der Waals surface area contributed by atoms with Gasteiger partial charge in [-0.3, -0.25) is 4.79 Å². The Bertz CT molecular complexity index is 670. The monoisotopic (exact) mass is 367 g/mol. The van der Waals surface area contributed by atoms with Gasteiger partial charge in [-0.05, 0) is 55.3 Å². The van der Waals surface area contributed by atoms with Crippen LogP contribution in [0.25, 0.3) is 0 Å². The van der Waals surface area contributed by atoms with E-state index in [1.54, 1.807) is 0 Å². The van der Waals surface area contributed by atoms with Gasteiger partial charge in [0.15, 0.2) is 0 Å². The summed E-state index contributed by atoms with van der Waals surface area (Å²) in [5.74, 6) is 1.77. The third kappa shape index (κ3) is 2.48. The predicted octanol–water partition coefficient (Wildman–Crippen LogP) is 3.61. The summed E-state index contributed by atoms with van der Waals surface area (Å²) in [4.78, 5) is 12.8. The van der Waals surface area contributed by atoms with E-state index < -0.39 is 15.4 Å². The smallest absolute Gasteiger partial charge is 0.215 e. The van der Waals surface area contributed by atoms with Gasteiger partial charge in [-0.25, -0.2) is 8.42 Å². The molecule has 5 heteroatoms. The fraction of sp³-hybridized carbons (Fsp3) is 0.950. The van der Waals surface area contributed by atoms with E-state index in [2.05, 4.69) is 20.8 Å². The summed E-state index contributed by atoms with van der Waals surface area (Å²) >= 11 is 0. The summed E-state index contributed by atoms with van der Waals surface area (Å²) in [6.45, 7) is 7.20. The molecule has 1 aliphatic heterocycles. The molecule has 1 saturated heterocycles. The second-order valence-corrected chi connectivity index (χ2v) is 11.7. The third-order valence-electron chi connectivity index (χ3n) is 8.61. The van der Waals surface area contributed by atoms with E-state index in [1.165, 1.54) is 6.42 Å². The molecule has 0 spiro atoms. The van der Waals surface area contributed by atoms with Gasteiger partial charge in [-0.1, -0.05) is 33.6 Å². The van der Waals surface area contributed by atoms with E-state index in [1.807, 2.05) is 4.31 Å². The Kier molecular flexibility index (Phi) is 4.16. The molecule has 0 aromatic carbocycles. The molecular formula is C20H33NO3S. The van der Waals surface area contributed by atoms with Crippen LogP contribution < -0.4 is 0 Å². The van der Waals surface area contributed by atoms with Crippen LogP contribution in [-0.4, -0.2) is 36.8 Å². The molecule has 0 amide bonds. The molecule has 4 rings (SSSR count). The highest BCUT2D eigenvalue weighted by Crippen LogP contribution is 2.64. The first kappa shape index (κ1) is 18.0. The molecule has 0 aromatic rings. The second kappa shape index (κ2) is 5.79. The SMILES string of the molecule is CC1CCN(S(=O)(=O)CC23CCC(CC2=O)C3(C)C)C2CCCCC12. The Balaban J connectivity index is 1.63. The number of rotatable bonds is 3. The number of nitrogens with zero attached hydrogens (tertiary/aromatic N) is 1. The van der Waals surface area contributed by atoms with Crippen molar-refractivity contribution in [2.45, 2.75) is 78.2 Å². The third-order valence-corrected chi connectivity index (χ3v) is 10.6. The zero-order valence-corrected chi connectivity index (χ0v) is 16.8. The molecule has 0 radical (unpaired) electrons. The van der Waals surface area contributed by atoms with Crippen LogP contribution in [0.3, 0.4) is 0 Å². The zero-order chi connectivity index (χ0) is 18.0. The highest BCUT2D eigenvalue weighted by atomic mass is 32.2. The van der Waals surface area contributed by atoms with E-state index in [0.717, 1.165) is 38.5 Å². The van der Waals surface area contributed by atoms with Crippen molar-refractivity contribution in [1.29, 1.82) is 0 Å². The zero-order valence-electron chi connectivity index (χ0n) is 16.0. The predicted molar refractivity (Wildman–Crippen MR) is 98.6 cm³/mol. The standard InChI is InChI=1S/C20H33NO3S/c1-14-9-11-21(17-7-5-4-6-16(14)17)25(23,24)13-20-10-8-15(12-18(20)22)19(20,2)3/h14-17H,4-13H2,1-3H3. The van der Waals surface area contributed by atoms with E-state index in [9.17, 15) is 13.2 Å². The summed E-state index contributed by atoms with van der Waals surface area (Å²) in [7, 11) is -3.40. The van der Waals surface area contributed by atoms with Crippen LogP contribution >= 0.6 is 0 Å². The van der Waals surface area contributed by atoms with Crippen LogP contribution in [-0.2, 0) is 14.8 Å². The minimum absolute atomic E-state index is 0.0555. The lowest BCUT2D eigenvalue weighted by Crippen LogP contribution is -2.55. The van der Waals surface area contributed by atoms with E-state index >= 15 is 0 Å². The van der Waals surface area contributed by atoms with Crippen LogP contribution in [0.2, 0.25) is 0 Å². The lowest BCUT2D eigenvalue weighted by molar-refractivity contribution is -0.128. The molecule has 3 saturated carbocycles. The molecule has 1 heterocycles. The molecule has 4 aliphatic rings. The first-order chi connectivity index (χ1) is 11.7. The molecule has 0 aromatic heterocycles. The van der Waals surface area contributed by atoms with E-state index in [4.69, 9.17) is 0 Å². The highest BCUT2D eigenvalue weighted by Gasteiger charge is 2.66. The van der Waals surface area contributed by atoms with Crippen molar-refractivity contribution in [3.63, 3.8) is 0 Å². The molecule has 5 atom stereocenters. The summed E-state index contributed by atoms with van der Waals surface area (Å²) in [6, 6.07) is 0.177. The molecule has 25 heavy (non-hydrogen) atoms. The Labute approximate surface area is 152 Å². The second-order valence-electron chi connectivity index (χ2n) is 9.82. The van der Waals surface area contributed by atoms with Gasteiger partial charge < -0.3 is 0 Å². The summed E-state index contributed by atoms with van der Waals surface area (Å²) in [6.07, 6.45) is 7.86. The average molecular weight is 368 g/mol. The number of ketones is 1. The Morgan fingerprint density at radius 2 is 1.84 bits per heavy atom. The van der Waals surface area contributed by atoms with Gasteiger partial charge in [0.2, 0.25) is 10.0 Å². The van der Waals surface area contributed by atoms with Gasteiger partial charge >= 0.3 is 0 Å². The number of Topliss-reactive ketones (excluding diaryl/α,β-unsaturated/α-hetero) is 1. The molecule has 5 unspecified atom stereocenters. The van der Waals surface area contributed by atoms with Crippen molar-refractivity contribution in [2.24, 2.45) is 28.6 Å². The van der Waals surface area contributed by atoms with Crippen molar-refractivity contribution in [3.8, 4) is 0 Å². The van der Waals surface area contributed by atoms with Crippen molar-refractivity contribution in [2.75, 3.05) is 12.3 Å². The molecule has 3 aliphatic carbocycles. The number of piperidine rings is 1. The number of carbonyl (C=O) groups excluding carboxylic acids is 1. The normalized spacial score (nSPS) is 44.0. The van der Waals surface area contributed by atoms with Gasteiger partial charge in [0.05, 0.1) is 5.75 Å². The van der Waals surface area contributed by atoms with Gasteiger partial charge in [0, 0.05) is 24.4 Å². The number of sulfonamides is 1. The first-order valence-corrected chi connectivity index (χ1v) is 11.8. The highest BCUT2D eigenvalue weighted by molar-refractivity contribution is 7.89. The van der Waals surface area contributed by atoms with Crippen molar-refractivity contribution < 1.29 is 13.2 Å². The topological polar surface area (TPSA) is 54.5 Å². The lowest BCUT2D eigenvalue weighted by atomic mass is 9.70. The minimum atomic E-state index is -3.40. The lowest BCUT2D eigenvalue weighted by Gasteiger charge is -2.47. The molecular weight excluding hydrogens is 334 g/mol. The molecule has 0 N–H and O–H groups in total. The van der Waals surface area contributed by atoms with Crippen molar-refractivity contribution in [3.05, 3.63) is 0 Å². The van der Waals surface area contributed by atoms with Crippen LogP contribution in [0, 0.1) is 28.6 Å². The quantitative estimate of drug-likeness (QED) is 0.766. The summed E-state index contributed by atoms with van der Waals surface area (Å²) in [5.41, 5.74) is -0.810. The van der Waals surface area contributed by atoms with Gasteiger partial charge in [-0.2, -0.15) is 4.31 Å². The van der Waals surface area contributed by atoms with Crippen molar-refractivity contribution >= 4 is 15.8 Å². The first-order valence-electron chi connectivity index (χ1n) is 10.2. The molecule has 4 nitrogen and oxygen atoms in total. The summed E-state index contributed by atoms with van der Waals surface area (Å²) in [5, 5.41) is 0. The van der Waals surface area contributed by atoms with Crippen LogP contribution in [0.15, 0.2) is 0 Å². The maximum atomic E-state index is 13.5. The van der Waals surface area contributed by atoms with Gasteiger partial charge in [0.1, 0.15) is 5.78 Å². The van der Waals surface area contributed by atoms with Crippen molar-refractivity contribution in [1.82, 2.24) is 4.31 Å². The number of carbonyl (C=O) groups is 1. The molecule has 4 fully saturated rings. The van der Waals surface area contributed by atoms with Gasteiger partial charge in [-0.15, -0.1) is 0 Å². The number of fused-ring (bicyclic) bond motifs is 3. The van der Waals surface area contributed by atoms with E-state index in [-0.39, 0.29) is 23.0 Å². The maximum absolute atomic E-state index is 13.5.